The fourth-order valence-electron chi connectivity index (χ4n) is 2.25. The van der Waals surface area contributed by atoms with Gasteiger partial charge in [0.1, 0.15) is 0 Å². The zero-order chi connectivity index (χ0) is 13.7. The van der Waals surface area contributed by atoms with Gasteiger partial charge in [0.2, 0.25) is 0 Å². The van der Waals surface area contributed by atoms with Crippen molar-refractivity contribution in [2.24, 2.45) is 0 Å². The lowest BCUT2D eigenvalue weighted by atomic mass is 10.0. The van der Waals surface area contributed by atoms with E-state index in [-0.39, 0.29) is 0 Å². The number of hydrogen-bond acceptors (Lipinski definition) is 3. The first-order valence-corrected chi connectivity index (χ1v) is 6.73. The van der Waals surface area contributed by atoms with E-state index < -0.39 is 0 Å². The summed E-state index contributed by atoms with van der Waals surface area (Å²) < 4.78 is 5.14. The molecule has 0 saturated carbocycles. The monoisotopic (exact) mass is 258 g/mol. The van der Waals surface area contributed by atoms with Crippen LogP contribution in [-0.4, -0.2) is 31.7 Å². The highest BCUT2D eigenvalue weighted by molar-refractivity contribution is 5.86. The van der Waals surface area contributed by atoms with E-state index in [4.69, 9.17) is 10.5 Å². The molecule has 3 nitrogen and oxygen atoms in total. The van der Waals surface area contributed by atoms with Crippen molar-refractivity contribution in [3.8, 4) is 0 Å². The van der Waals surface area contributed by atoms with E-state index in [0.29, 0.717) is 0 Å². The molecule has 19 heavy (non-hydrogen) atoms. The largest absolute Gasteiger partial charge is 0.398 e. The first kappa shape index (κ1) is 13.8. The lowest BCUT2D eigenvalue weighted by Crippen LogP contribution is -2.27. The Labute approximate surface area is 115 Å². The van der Waals surface area contributed by atoms with E-state index in [2.05, 4.69) is 42.2 Å². The number of likely N-dealkylation sites (N-methyl/N-ethyl adjacent to an activating group) is 1. The lowest BCUT2D eigenvalue weighted by molar-refractivity contribution is 0.147. The van der Waals surface area contributed by atoms with Gasteiger partial charge in [0.25, 0.3) is 0 Å². The number of methoxy groups -OCH3 is 1. The summed E-state index contributed by atoms with van der Waals surface area (Å²) in [5.41, 5.74) is 8.22. The number of nitrogen functional groups attached to an aromatic ring is 1. The molecule has 2 aromatic rings. The van der Waals surface area contributed by atoms with Crippen LogP contribution < -0.4 is 5.73 Å². The van der Waals surface area contributed by atoms with Crippen LogP contribution in [0.2, 0.25) is 0 Å². The number of benzene rings is 2. The van der Waals surface area contributed by atoms with Crippen LogP contribution in [0.3, 0.4) is 0 Å². The molecule has 0 aliphatic heterocycles. The summed E-state index contributed by atoms with van der Waals surface area (Å²) in [6, 6.07) is 12.6. The Morgan fingerprint density at radius 2 is 1.84 bits per heavy atom. The topological polar surface area (TPSA) is 38.5 Å². The van der Waals surface area contributed by atoms with Gasteiger partial charge in [-0.05, 0) is 35.0 Å². The van der Waals surface area contributed by atoms with E-state index in [1.165, 1.54) is 16.3 Å². The molecule has 0 aliphatic carbocycles. The Hall–Kier alpha value is -1.58. The number of nitrogens with two attached hydrogens (primary N) is 1. The summed E-state index contributed by atoms with van der Waals surface area (Å²) in [6.45, 7) is 5.71. The van der Waals surface area contributed by atoms with Crippen molar-refractivity contribution in [2.45, 2.75) is 13.5 Å². The minimum atomic E-state index is 0.751. The van der Waals surface area contributed by atoms with Crippen molar-refractivity contribution >= 4 is 16.5 Å². The van der Waals surface area contributed by atoms with Gasteiger partial charge in [0, 0.05) is 25.9 Å². The first-order valence-electron chi connectivity index (χ1n) is 6.73. The average molecular weight is 258 g/mol. The molecule has 0 aromatic heterocycles. The van der Waals surface area contributed by atoms with Crippen LogP contribution in [0.4, 0.5) is 5.69 Å². The fraction of sp³-hybridized carbons (Fsp3) is 0.375. The molecule has 2 rings (SSSR count). The molecule has 0 fully saturated rings. The number of fused-ring (bicyclic) bond motifs is 1. The maximum absolute atomic E-state index is 6.16. The molecule has 0 amide bonds. The molecule has 0 spiro atoms. The van der Waals surface area contributed by atoms with Crippen LogP contribution in [0.15, 0.2) is 36.4 Å². The van der Waals surface area contributed by atoms with Gasteiger partial charge in [-0.1, -0.05) is 31.2 Å². The maximum atomic E-state index is 6.16. The van der Waals surface area contributed by atoms with Crippen molar-refractivity contribution in [3.05, 3.63) is 42.0 Å². The molecular formula is C16H22N2O. The molecule has 102 valence electrons. The summed E-state index contributed by atoms with van der Waals surface area (Å²) in [5.74, 6) is 0. The van der Waals surface area contributed by atoms with Gasteiger partial charge in [-0.15, -0.1) is 0 Å². The number of nitrogens with zero attached hydrogens (tertiary/aromatic N) is 1. The fourth-order valence-corrected chi connectivity index (χ4v) is 2.25. The van der Waals surface area contributed by atoms with Crippen molar-refractivity contribution in [1.82, 2.24) is 4.90 Å². The second-order valence-corrected chi connectivity index (χ2v) is 4.76. The first-order chi connectivity index (χ1) is 9.24. The molecule has 0 bridgehead atoms. The molecule has 3 heteroatoms. The second kappa shape index (κ2) is 6.55. The van der Waals surface area contributed by atoms with Gasteiger partial charge in [-0.3, -0.25) is 4.90 Å². The van der Waals surface area contributed by atoms with Crippen LogP contribution in [0, 0.1) is 0 Å². The van der Waals surface area contributed by atoms with Gasteiger partial charge in [-0.25, -0.2) is 0 Å². The molecule has 0 heterocycles. The zero-order valence-electron chi connectivity index (χ0n) is 11.7. The summed E-state index contributed by atoms with van der Waals surface area (Å²) in [6.07, 6.45) is 0. The molecule has 0 saturated heterocycles. The van der Waals surface area contributed by atoms with Crippen LogP contribution in [0.5, 0.6) is 0 Å². The van der Waals surface area contributed by atoms with Crippen molar-refractivity contribution in [2.75, 3.05) is 32.5 Å². The highest BCUT2D eigenvalue weighted by atomic mass is 16.5. The SMILES string of the molecule is CCN(CCOC)Cc1cc2ccccc2cc1N. The Morgan fingerprint density at radius 3 is 2.47 bits per heavy atom. The Bertz CT molecular complexity index is 539. The van der Waals surface area contributed by atoms with Crippen molar-refractivity contribution in [3.63, 3.8) is 0 Å². The second-order valence-electron chi connectivity index (χ2n) is 4.76. The Kier molecular flexibility index (Phi) is 4.77. The highest BCUT2D eigenvalue weighted by Gasteiger charge is 2.07. The normalized spacial score (nSPS) is 11.3. The lowest BCUT2D eigenvalue weighted by Gasteiger charge is -2.21. The van der Waals surface area contributed by atoms with Gasteiger partial charge in [-0.2, -0.15) is 0 Å². The van der Waals surface area contributed by atoms with E-state index in [1.54, 1.807) is 7.11 Å². The average Bonchev–Trinajstić information content (AvgIpc) is 2.43. The van der Waals surface area contributed by atoms with Crippen LogP contribution in [0.25, 0.3) is 10.8 Å². The van der Waals surface area contributed by atoms with Gasteiger partial charge in [0.05, 0.1) is 6.61 Å². The van der Waals surface area contributed by atoms with Crippen molar-refractivity contribution in [1.29, 1.82) is 0 Å². The van der Waals surface area contributed by atoms with E-state index in [9.17, 15) is 0 Å². The van der Waals surface area contributed by atoms with E-state index in [0.717, 1.165) is 31.9 Å². The molecule has 0 aliphatic rings. The predicted molar refractivity (Wildman–Crippen MR) is 81.2 cm³/mol. The third-order valence-corrected chi connectivity index (χ3v) is 3.46. The minimum Gasteiger partial charge on any atom is -0.398 e. The molecule has 2 aromatic carbocycles. The summed E-state index contributed by atoms with van der Waals surface area (Å²) in [4.78, 5) is 2.34. The third kappa shape index (κ3) is 3.46. The van der Waals surface area contributed by atoms with Gasteiger partial charge in [0.15, 0.2) is 0 Å². The molecule has 0 radical (unpaired) electrons. The Balaban J connectivity index is 2.21. The maximum Gasteiger partial charge on any atom is 0.0589 e. The van der Waals surface area contributed by atoms with Crippen molar-refractivity contribution < 1.29 is 4.74 Å². The summed E-state index contributed by atoms with van der Waals surface area (Å²) in [5, 5.41) is 2.44. The molecule has 2 N–H and O–H groups in total. The van der Waals surface area contributed by atoms with Crippen LogP contribution in [0.1, 0.15) is 12.5 Å². The third-order valence-electron chi connectivity index (χ3n) is 3.46. The zero-order valence-corrected chi connectivity index (χ0v) is 11.7. The number of anilines is 1. The molecule has 0 atom stereocenters. The predicted octanol–water partition coefficient (Wildman–Crippen LogP) is 2.89. The number of hydrogen-bond donors (Lipinski definition) is 1. The quantitative estimate of drug-likeness (QED) is 0.810. The van der Waals surface area contributed by atoms with Crippen LogP contribution in [-0.2, 0) is 11.3 Å². The van der Waals surface area contributed by atoms with E-state index in [1.807, 2.05) is 6.07 Å². The summed E-state index contributed by atoms with van der Waals surface area (Å²) in [7, 11) is 1.73. The number of ether oxygens (including phenoxy) is 1. The smallest absolute Gasteiger partial charge is 0.0589 e. The van der Waals surface area contributed by atoms with Gasteiger partial charge >= 0.3 is 0 Å². The molecular weight excluding hydrogens is 236 g/mol. The highest BCUT2D eigenvalue weighted by Crippen LogP contribution is 2.23. The summed E-state index contributed by atoms with van der Waals surface area (Å²) >= 11 is 0. The van der Waals surface area contributed by atoms with Gasteiger partial charge < -0.3 is 10.5 Å². The number of rotatable bonds is 6. The molecule has 0 unspecified atom stereocenters. The van der Waals surface area contributed by atoms with E-state index >= 15 is 0 Å². The standard InChI is InChI=1S/C16H22N2O/c1-3-18(8-9-19-2)12-15-10-13-6-4-5-7-14(13)11-16(15)17/h4-7,10-11H,3,8-9,12,17H2,1-2H3. The van der Waals surface area contributed by atoms with Crippen LogP contribution >= 0.6 is 0 Å². The minimum absolute atomic E-state index is 0.751. The Morgan fingerprint density at radius 1 is 1.16 bits per heavy atom.